The van der Waals surface area contributed by atoms with Crippen molar-refractivity contribution in [2.24, 2.45) is 0 Å². The molecule has 0 amide bonds. The molecule has 1 aromatic heterocycles. The Balaban J connectivity index is 1.11. The lowest BCUT2D eigenvalue weighted by atomic mass is 9.83. The van der Waals surface area contributed by atoms with Crippen molar-refractivity contribution in [3.8, 4) is 22.3 Å². The van der Waals surface area contributed by atoms with E-state index in [0.29, 0.717) is 5.92 Å². The van der Waals surface area contributed by atoms with Gasteiger partial charge in [0.25, 0.3) is 0 Å². The van der Waals surface area contributed by atoms with Gasteiger partial charge in [-0.15, -0.1) is 0 Å². The molecule has 13 rings (SSSR count). The molecule has 0 fully saturated rings. The third-order valence-electron chi connectivity index (χ3n) is 15.3. The molecule has 0 bridgehead atoms. The van der Waals surface area contributed by atoms with Crippen LogP contribution in [-0.4, -0.2) is 0 Å². The largest absolute Gasteiger partial charge is 0.454 e. The predicted octanol–water partition coefficient (Wildman–Crippen LogP) is 20.4. The standard InChI is InChI=1S/C69H54N2O/c1-4-45(2)66-55(51-26-12-11-21-46(51)3)30-19-34-63(66)70(59-32-16-13-27-52(59)47-22-7-5-8-23-47)61-43-39-49-38-42-58-62(44-40-50-37-41-57(61)67(49)68(50)58)71(60-33-17-14-28-53(60)48-24-9-6-10-25-48)64-35-20-31-56-54-29-15-18-36-65(54)72-69(56)64/h5-11,13-25,27-45H,4,12,26H2,1-3H3. The maximum Gasteiger partial charge on any atom is 0.159 e. The fourth-order valence-electron chi connectivity index (χ4n) is 11.8. The number of fused-ring (bicyclic) bond motifs is 3. The van der Waals surface area contributed by atoms with E-state index in [1.165, 1.54) is 71.4 Å². The second-order valence-electron chi connectivity index (χ2n) is 19.4. The van der Waals surface area contributed by atoms with E-state index < -0.39 is 0 Å². The molecule has 0 N–H and O–H groups in total. The molecule has 72 heavy (non-hydrogen) atoms. The van der Waals surface area contributed by atoms with E-state index in [1.807, 2.05) is 0 Å². The summed E-state index contributed by atoms with van der Waals surface area (Å²) < 4.78 is 6.88. The van der Waals surface area contributed by atoms with Crippen LogP contribution in [0.25, 0.3) is 82.1 Å². The van der Waals surface area contributed by atoms with Gasteiger partial charge in [0.05, 0.1) is 34.1 Å². The van der Waals surface area contributed by atoms with Gasteiger partial charge in [0, 0.05) is 32.7 Å². The van der Waals surface area contributed by atoms with Crippen LogP contribution < -0.4 is 9.80 Å². The SMILES string of the molecule is CCC(C)c1c(C2=C(C)C=CCC2)cccc1N(c1ccccc1-c1ccccc1)c1ccc2ccc3c(N(c4ccccc4-c4ccccc4)c4cccc5c4oc4ccccc45)ccc4ccc1c2c43. The molecule has 0 aliphatic heterocycles. The van der Waals surface area contributed by atoms with Crippen LogP contribution in [0.2, 0.25) is 0 Å². The zero-order valence-corrected chi connectivity index (χ0v) is 40.9. The molecular weight excluding hydrogens is 873 g/mol. The van der Waals surface area contributed by atoms with Crippen LogP contribution in [-0.2, 0) is 0 Å². The lowest BCUT2D eigenvalue weighted by molar-refractivity contribution is 0.669. The number of rotatable bonds is 11. The van der Waals surface area contributed by atoms with Crippen LogP contribution in [0.15, 0.2) is 241 Å². The summed E-state index contributed by atoms with van der Waals surface area (Å²) in [6, 6.07) is 80.2. The first-order valence-corrected chi connectivity index (χ1v) is 25.5. The van der Waals surface area contributed by atoms with Gasteiger partial charge in [-0.3, -0.25) is 0 Å². The first kappa shape index (κ1) is 43.4. The van der Waals surface area contributed by atoms with Gasteiger partial charge in [0.2, 0.25) is 0 Å². The van der Waals surface area contributed by atoms with Crippen molar-refractivity contribution < 1.29 is 4.42 Å². The second-order valence-corrected chi connectivity index (χ2v) is 19.4. The maximum atomic E-state index is 6.88. The van der Waals surface area contributed by atoms with E-state index in [2.05, 4.69) is 261 Å². The summed E-state index contributed by atoms with van der Waals surface area (Å²) in [5.74, 6) is 0.303. The maximum absolute atomic E-state index is 6.88. The van der Waals surface area contributed by atoms with Crippen LogP contribution in [0, 0.1) is 0 Å². The summed E-state index contributed by atoms with van der Waals surface area (Å²) in [5, 5.41) is 9.48. The van der Waals surface area contributed by atoms with E-state index >= 15 is 0 Å². The highest BCUT2D eigenvalue weighted by Crippen LogP contribution is 2.53. The number of benzene rings is 11. The third kappa shape index (κ3) is 7.10. The number of para-hydroxylation sites is 4. The van der Waals surface area contributed by atoms with Crippen molar-refractivity contribution in [2.75, 3.05) is 9.80 Å². The smallest absolute Gasteiger partial charge is 0.159 e. The summed E-state index contributed by atoms with van der Waals surface area (Å²) in [5.41, 5.74) is 18.6. The van der Waals surface area contributed by atoms with Gasteiger partial charge in [0.15, 0.2) is 5.58 Å². The average Bonchev–Trinajstić information content (AvgIpc) is 3.83. The van der Waals surface area contributed by atoms with E-state index in [4.69, 9.17) is 4.42 Å². The van der Waals surface area contributed by atoms with E-state index in [1.54, 1.807) is 0 Å². The van der Waals surface area contributed by atoms with Crippen LogP contribution >= 0.6 is 0 Å². The monoisotopic (exact) mass is 926 g/mol. The zero-order chi connectivity index (χ0) is 48.3. The van der Waals surface area contributed by atoms with Gasteiger partial charge in [-0.25, -0.2) is 0 Å². The number of allylic oxidation sites excluding steroid dienone is 4. The topological polar surface area (TPSA) is 19.6 Å². The lowest BCUT2D eigenvalue weighted by Gasteiger charge is -2.34. The molecular formula is C69H54N2O. The third-order valence-corrected chi connectivity index (χ3v) is 15.3. The van der Waals surface area contributed by atoms with Gasteiger partial charge >= 0.3 is 0 Å². The molecule has 1 aliphatic carbocycles. The molecule has 1 aliphatic rings. The van der Waals surface area contributed by atoms with Gasteiger partial charge in [-0.2, -0.15) is 0 Å². The first-order valence-electron chi connectivity index (χ1n) is 25.5. The van der Waals surface area contributed by atoms with Crippen molar-refractivity contribution in [2.45, 2.75) is 46.0 Å². The van der Waals surface area contributed by atoms with Crippen LogP contribution in [0.3, 0.4) is 0 Å². The highest BCUT2D eigenvalue weighted by Gasteiger charge is 2.29. The number of nitrogens with zero attached hydrogens (tertiary/aromatic N) is 2. The molecule has 3 heteroatoms. The van der Waals surface area contributed by atoms with Gasteiger partial charge in [-0.05, 0) is 130 Å². The number of hydrogen-bond donors (Lipinski definition) is 0. The van der Waals surface area contributed by atoms with Gasteiger partial charge < -0.3 is 14.2 Å². The summed E-state index contributed by atoms with van der Waals surface area (Å²) in [7, 11) is 0. The number of hydrogen-bond acceptors (Lipinski definition) is 3. The lowest BCUT2D eigenvalue weighted by Crippen LogP contribution is -2.16. The summed E-state index contributed by atoms with van der Waals surface area (Å²) >= 11 is 0. The Bertz CT molecular complexity index is 4070. The second kappa shape index (κ2) is 17.9. The minimum Gasteiger partial charge on any atom is -0.454 e. The molecule has 3 nitrogen and oxygen atoms in total. The van der Waals surface area contributed by atoms with Crippen molar-refractivity contribution in [1.82, 2.24) is 0 Å². The Morgan fingerprint density at radius 2 is 0.944 bits per heavy atom. The van der Waals surface area contributed by atoms with Crippen LogP contribution in [0.4, 0.5) is 34.1 Å². The highest BCUT2D eigenvalue weighted by atomic mass is 16.3. The summed E-state index contributed by atoms with van der Waals surface area (Å²) in [6.45, 7) is 7.03. The molecule has 0 spiro atoms. The van der Waals surface area contributed by atoms with E-state index in [-0.39, 0.29) is 0 Å². The normalized spacial score (nSPS) is 13.3. The Morgan fingerprint density at radius 1 is 0.444 bits per heavy atom. The van der Waals surface area contributed by atoms with Crippen LogP contribution in [0.1, 0.15) is 57.1 Å². The van der Waals surface area contributed by atoms with Gasteiger partial charge in [0.1, 0.15) is 5.58 Å². The molecule has 1 unspecified atom stereocenters. The number of anilines is 6. The van der Waals surface area contributed by atoms with E-state index in [0.717, 1.165) is 80.8 Å². The first-order chi connectivity index (χ1) is 35.6. The molecule has 12 aromatic rings. The molecule has 1 atom stereocenters. The highest BCUT2D eigenvalue weighted by molar-refractivity contribution is 6.28. The Labute approximate surface area is 421 Å². The fourth-order valence-corrected chi connectivity index (χ4v) is 11.8. The molecule has 11 aromatic carbocycles. The predicted molar refractivity (Wildman–Crippen MR) is 307 cm³/mol. The summed E-state index contributed by atoms with van der Waals surface area (Å²) in [4.78, 5) is 5.04. The Hall–Kier alpha value is -8.66. The van der Waals surface area contributed by atoms with E-state index in [9.17, 15) is 0 Å². The average molecular weight is 927 g/mol. The van der Waals surface area contributed by atoms with Crippen molar-refractivity contribution in [3.05, 3.63) is 247 Å². The van der Waals surface area contributed by atoms with Crippen LogP contribution in [0.5, 0.6) is 0 Å². The minimum absolute atomic E-state index is 0.303. The zero-order valence-electron chi connectivity index (χ0n) is 40.9. The quantitative estimate of drug-likeness (QED) is 0.121. The number of furan rings is 1. The fraction of sp³-hybridized carbons (Fsp3) is 0.101. The molecule has 0 radical (unpaired) electrons. The molecule has 346 valence electrons. The van der Waals surface area contributed by atoms with Crippen molar-refractivity contribution in [3.63, 3.8) is 0 Å². The van der Waals surface area contributed by atoms with Crippen molar-refractivity contribution >= 4 is 94.0 Å². The Morgan fingerprint density at radius 3 is 1.57 bits per heavy atom. The minimum atomic E-state index is 0.303. The molecule has 0 saturated heterocycles. The summed E-state index contributed by atoms with van der Waals surface area (Å²) in [6.07, 6.45) is 7.76. The molecule has 0 saturated carbocycles. The van der Waals surface area contributed by atoms with Crippen molar-refractivity contribution in [1.29, 1.82) is 0 Å². The Kier molecular flexibility index (Phi) is 10.8. The molecule has 1 heterocycles. The van der Waals surface area contributed by atoms with Gasteiger partial charge in [-0.1, -0.05) is 202 Å².